The van der Waals surface area contributed by atoms with Gasteiger partial charge in [-0.3, -0.25) is 0 Å². The molecule has 0 spiro atoms. The van der Waals surface area contributed by atoms with Crippen molar-refractivity contribution in [2.45, 2.75) is 26.3 Å². The SMILES string of the molecule is Cc1ccc(F)cc1CNCCCCN(C)C. The van der Waals surface area contributed by atoms with Crippen LogP contribution in [0.2, 0.25) is 0 Å². The number of unbranched alkanes of at least 4 members (excludes halogenated alkanes) is 1. The predicted octanol–water partition coefficient (Wildman–Crippen LogP) is 2.57. The van der Waals surface area contributed by atoms with Crippen LogP contribution in [0.5, 0.6) is 0 Å². The summed E-state index contributed by atoms with van der Waals surface area (Å²) in [7, 11) is 4.17. The number of aryl methyl sites for hydroxylation is 1. The molecule has 2 nitrogen and oxygen atoms in total. The number of hydrogen-bond acceptors (Lipinski definition) is 2. The molecule has 0 atom stereocenters. The third-order valence-corrected chi connectivity index (χ3v) is 2.84. The van der Waals surface area contributed by atoms with Gasteiger partial charge in [-0.25, -0.2) is 4.39 Å². The number of benzene rings is 1. The topological polar surface area (TPSA) is 15.3 Å². The second-order valence-electron chi connectivity index (χ2n) is 4.76. The van der Waals surface area contributed by atoms with E-state index in [-0.39, 0.29) is 5.82 Å². The summed E-state index contributed by atoms with van der Waals surface area (Å²) < 4.78 is 13.0. The average Bonchev–Trinajstić information content (AvgIpc) is 2.27. The molecular weight excluding hydrogens is 215 g/mol. The molecule has 0 aliphatic rings. The predicted molar refractivity (Wildman–Crippen MR) is 70.6 cm³/mol. The summed E-state index contributed by atoms with van der Waals surface area (Å²) in [6, 6.07) is 4.95. The largest absolute Gasteiger partial charge is 0.313 e. The normalized spacial score (nSPS) is 11.1. The van der Waals surface area contributed by atoms with Crippen molar-refractivity contribution in [2.75, 3.05) is 27.2 Å². The van der Waals surface area contributed by atoms with E-state index >= 15 is 0 Å². The number of nitrogens with zero attached hydrogens (tertiary/aromatic N) is 1. The zero-order valence-electron chi connectivity index (χ0n) is 11.1. The lowest BCUT2D eigenvalue weighted by atomic mass is 10.1. The van der Waals surface area contributed by atoms with Gasteiger partial charge >= 0.3 is 0 Å². The molecule has 0 aliphatic carbocycles. The van der Waals surface area contributed by atoms with Crippen LogP contribution in [0.25, 0.3) is 0 Å². The van der Waals surface area contributed by atoms with E-state index in [9.17, 15) is 4.39 Å². The van der Waals surface area contributed by atoms with Crippen LogP contribution in [0, 0.1) is 12.7 Å². The smallest absolute Gasteiger partial charge is 0.123 e. The highest BCUT2D eigenvalue weighted by atomic mass is 19.1. The van der Waals surface area contributed by atoms with Crippen LogP contribution in [0.4, 0.5) is 4.39 Å². The Morgan fingerprint density at radius 3 is 2.71 bits per heavy atom. The molecule has 0 radical (unpaired) electrons. The third-order valence-electron chi connectivity index (χ3n) is 2.84. The molecule has 1 rings (SSSR count). The molecule has 1 aromatic carbocycles. The lowest BCUT2D eigenvalue weighted by Crippen LogP contribution is -2.18. The van der Waals surface area contributed by atoms with E-state index in [0.717, 1.165) is 37.2 Å². The van der Waals surface area contributed by atoms with Crippen molar-refractivity contribution in [1.29, 1.82) is 0 Å². The number of rotatable bonds is 7. The Morgan fingerprint density at radius 1 is 1.24 bits per heavy atom. The summed E-state index contributed by atoms with van der Waals surface area (Å²) in [5.74, 6) is -0.153. The molecule has 96 valence electrons. The first-order valence-electron chi connectivity index (χ1n) is 6.20. The highest BCUT2D eigenvalue weighted by Crippen LogP contribution is 2.09. The van der Waals surface area contributed by atoms with Crippen molar-refractivity contribution in [3.05, 3.63) is 35.1 Å². The van der Waals surface area contributed by atoms with Gasteiger partial charge in [-0.15, -0.1) is 0 Å². The Kier molecular flexibility index (Phi) is 6.16. The van der Waals surface area contributed by atoms with Crippen molar-refractivity contribution in [1.82, 2.24) is 10.2 Å². The van der Waals surface area contributed by atoms with Gasteiger partial charge in [-0.2, -0.15) is 0 Å². The van der Waals surface area contributed by atoms with Crippen LogP contribution in [-0.4, -0.2) is 32.1 Å². The van der Waals surface area contributed by atoms with Crippen LogP contribution >= 0.6 is 0 Å². The molecule has 0 bridgehead atoms. The van der Waals surface area contributed by atoms with E-state index in [0.29, 0.717) is 0 Å². The molecule has 0 fully saturated rings. The highest BCUT2D eigenvalue weighted by Gasteiger charge is 1.99. The summed E-state index contributed by atoms with van der Waals surface area (Å²) in [5.41, 5.74) is 2.20. The first kappa shape index (κ1) is 14.1. The second kappa shape index (κ2) is 7.41. The summed E-state index contributed by atoms with van der Waals surface area (Å²) in [4.78, 5) is 2.19. The van der Waals surface area contributed by atoms with E-state index in [2.05, 4.69) is 24.3 Å². The van der Waals surface area contributed by atoms with Crippen LogP contribution in [0.3, 0.4) is 0 Å². The average molecular weight is 238 g/mol. The van der Waals surface area contributed by atoms with Gasteiger partial charge in [-0.05, 0) is 70.2 Å². The van der Waals surface area contributed by atoms with Gasteiger partial charge in [0, 0.05) is 6.54 Å². The Balaban J connectivity index is 2.20. The maximum atomic E-state index is 13.0. The van der Waals surface area contributed by atoms with Crippen LogP contribution < -0.4 is 5.32 Å². The fourth-order valence-corrected chi connectivity index (χ4v) is 1.73. The minimum atomic E-state index is -0.153. The zero-order chi connectivity index (χ0) is 12.7. The molecule has 0 saturated heterocycles. The molecule has 17 heavy (non-hydrogen) atoms. The molecule has 0 aliphatic heterocycles. The fraction of sp³-hybridized carbons (Fsp3) is 0.571. The van der Waals surface area contributed by atoms with Crippen molar-refractivity contribution >= 4 is 0 Å². The maximum Gasteiger partial charge on any atom is 0.123 e. The summed E-state index contributed by atoms with van der Waals surface area (Å²) in [6.07, 6.45) is 2.36. The van der Waals surface area contributed by atoms with E-state index < -0.39 is 0 Å². The lowest BCUT2D eigenvalue weighted by Gasteiger charge is -2.10. The first-order chi connectivity index (χ1) is 8.09. The molecule has 1 aromatic rings. The molecule has 3 heteroatoms. The maximum absolute atomic E-state index is 13.0. The zero-order valence-corrected chi connectivity index (χ0v) is 11.1. The van der Waals surface area contributed by atoms with Gasteiger partial charge in [0.05, 0.1) is 0 Å². The number of halogens is 1. The monoisotopic (exact) mass is 238 g/mol. The lowest BCUT2D eigenvalue weighted by molar-refractivity contribution is 0.391. The van der Waals surface area contributed by atoms with Gasteiger partial charge < -0.3 is 10.2 Å². The van der Waals surface area contributed by atoms with E-state index in [1.807, 2.05) is 13.0 Å². The third kappa shape index (κ3) is 5.80. The van der Waals surface area contributed by atoms with Gasteiger partial charge in [0.2, 0.25) is 0 Å². The van der Waals surface area contributed by atoms with Crippen molar-refractivity contribution in [2.24, 2.45) is 0 Å². The minimum Gasteiger partial charge on any atom is -0.313 e. The Labute approximate surface area is 104 Å². The molecule has 0 heterocycles. The fourth-order valence-electron chi connectivity index (χ4n) is 1.73. The molecule has 1 N–H and O–H groups in total. The van der Waals surface area contributed by atoms with Crippen molar-refractivity contribution in [3.8, 4) is 0 Å². The number of nitrogens with one attached hydrogen (secondary N) is 1. The van der Waals surface area contributed by atoms with Crippen LogP contribution in [-0.2, 0) is 6.54 Å². The Morgan fingerprint density at radius 2 is 2.00 bits per heavy atom. The van der Waals surface area contributed by atoms with Gasteiger partial charge in [0.25, 0.3) is 0 Å². The molecule has 0 aromatic heterocycles. The van der Waals surface area contributed by atoms with E-state index in [1.165, 1.54) is 12.5 Å². The minimum absolute atomic E-state index is 0.153. The first-order valence-corrected chi connectivity index (χ1v) is 6.20. The molecule has 0 amide bonds. The van der Waals surface area contributed by atoms with Crippen molar-refractivity contribution in [3.63, 3.8) is 0 Å². The van der Waals surface area contributed by atoms with Gasteiger partial charge in [-0.1, -0.05) is 6.07 Å². The quantitative estimate of drug-likeness (QED) is 0.734. The Bertz CT molecular complexity index is 337. The van der Waals surface area contributed by atoms with Crippen LogP contribution in [0.1, 0.15) is 24.0 Å². The van der Waals surface area contributed by atoms with Gasteiger partial charge in [0.15, 0.2) is 0 Å². The van der Waals surface area contributed by atoms with Crippen molar-refractivity contribution < 1.29 is 4.39 Å². The van der Waals surface area contributed by atoms with E-state index in [1.54, 1.807) is 6.07 Å². The summed E-state index contributed by atoms with van der Waals surface area (Å²) in [6.45, 7) is 4.89. The van der Waals surface area contributed by atoms with Crippen LogP contribution in [0.15, 0.2) is 18.2 Å². The molecule has 0 unspecified atom stereocenters. The number of hydrogen-bond donors (Lipinski definition) is 1. The molecule has 0 saturated carbocycles. The highest BCUT2D eigenvalue weighted by molar-refractivity contribution is 5.26. The molecular formula is C14H23FN2. The van der Waals surface area contributed by atoms with Gasteiger partial charge in [0.1, 0.15) is 5.82 Å². The second-order valence-corrected chi connectivity index (χ2v) is 4.76. The summed E-state index contributed by atoms with van der Waals surface area (Å²) >= 11 is 0. The van der Waals surface area contributed by atoms with E-state index in [4.69, 9.17) is 0 Å². The Hall–Kier alpha value is -0.930. The standard InChI is InChI=1S/C14H23FN2/c1-12-6-7-14(15)10-13(12)11-16-8-4-5-9-17(2)3/h6-7,10,16H,4-5,8-9,11H2,1-3H3. The summed E-state index contributed by atoms with van der Waals surface area (Å²) in [5, 5.41) is 3.36.